The molecule has 1 aromatic rings. The van der Waals surface area contributed by atoms with Crippen molar-refractivity contribution in [2.24, 2.45) is 0 Å². The van der Waals surface area contributed by atoms with Crippen LogP contribution < -0.4 is 0 Å². The minimum absolute atomic E-state index is 0.0321. The van der Waals surface area contributed by atoms with E-state index in [4.69, 9.17) is 16.3 Å². The Hall–Kier alpha value is -1.13. The zero-order chi connectivity index (χ0) is 15.4. The van der Waals surface area contributed by atoms with Crippen molar-refractivity contribution in [1.29, 1.82) is 0 Å². The predicted octanol–water partition coefficient (Wildman–Crippen LogP) is 3.50. The van der Waals surface area contributed by atoms with Crippen LogP contribution in [0.5, 0.6) is 0 Å². The minimum Gasteiger partial charge on any atom is -0.376 e. The Kier molecular flexibility index (Phi) is 5.59. The summed E-state index contributed by atoms with van der Waals surface area (Å²) in [5.41, 5.74) is 1.44. The zero-order valence-electron chi connectivity index (χ0n) is 12.9. The second kappa shape index (κ2) is 7.23. The second-order valence-electron chi connectivity index (χ2n) is 5.93. The van der Waals surface area contributed by atoms with Gasteiger partial charge in [-0.3, -0.25) is 4.79 Å². The van der Waals surface area contributed by atoms with Crippen LogP contribution in [0.4, 0.5) is 0 Å². The van der Waals surface area contributed by atoms with Crippen LogP contribution in [0.25, 0.3) is 0 Å². The molecule has 1 aliphatic rings. The molecule has 1 aliphatic heterocycles. The van der Waals surface area contributed by atoms with Crippen LogP contribution in [0.3, 0.4) is 0 Å². The molecule has 0 saturated carbocycles. The third-order valence-electron chi connectivity index (χ3n) is 3.75. The standard InChI is InChI=1S/C16H23ClN2O2/c1-11(2)14-8-12(9-15(17)18-14)16(20)19(3)10-13-6-4-5-7-21-13/h8-9,11,13H,4-7,10H2,1-3H3. The van der Waals surface area contributed by atoms with Gasteiger partial charge in [-0.15, -0.1) is 0 Å². The third kappa shape index (κ3) is 4.42. The average Bonchev–Trinajstić information content (AvgIpc) is 2.46. The third-order valence-corrected chi connectivity index (χ3v) is 3.94. The smallest absolute Gasteiger partial charge is 0.253 e. The second-order valence-corrected chi connectivity index (χ2v) is 6.32. The Morgan fingerprint density at radius 1 is 1.48 bits per heavy atom. The molecule has 21 heavy (non-hydrogen) atoms. The Morgan fingerprint density at radius 2 is 2.24 bits per heavy atom. The first kappa shape index (κ1) is 16.2. The lowest BCUT2D eigenvalue weighted by Crippen LogP contribution is -2.37. The van der Waals surface area contributed by atoms with Crippen molar-refractivity contribution in [3.05, 3.63) is 28.5 Å². The van der Waals surface area contributed by atoms with E-state index in [1.165, 1.54) is 6.42 Å². The van der Waals surface area contributed by atoms with Gasteiger partial charge in [0, 0.05) is 31.5 Å². The van der Waals surface area contributed by atoms with Crippen molar-refractivity contribution in [3.8, 4) is 0 Å². The van der Waals surface area contributed by atoms with E-state index in [1.54, 1.807) is 11.0 Å². The summed E-state index contributed by atoms with van der Waals surface area (Å²) in [6.07, 6.45) is 3.46. The molecule has 1 aromatic heterocycles. The van der Waals surface area contributed by atoms with Crippen LogP contribution in [0.2, 0.25) is 5.15 Å². The van der Waals surface area contributed by atoms with Gasteiger partial charge in [0.1, 0.15) is 5.15 Å². The number of carbonyl (C=O) groups is 1. The van der Waals surface area contributed by atoms with Gasteiger partial charge in [-0.25, -0.2) is 4.98 Å². The predicted molar refractivity (Wildman–Crippen MR) is 83.9 cm³/mol. The van der Waals surface area contributed by atoms with Crippen LogP contribution >= 0.6 is 11.6 Å². The van der Waals surface area contributed by atoms with Crippen molar-refractivity contribution in [1.82, 2.24) is 9.88 Å². The molecule has 0 aromatic carbocycles. The molecule has 116 valence electrons. The molecule has 0 bridgehead atoms. The van der Waals surface area contributed by atoms with Crippen LogP contribution in [-0.2, 0) is 4.74 Å². The monoisotopic (exact) mass is 310 g/mol. The number of carbonyl (C=O) groups excluding carboxylic acids is 1. The first-order valence-corrected chi connectivity index (χ1v) is 7.89. The lowest BCUT2D eigenvalue weighted by atomic mass is 10.1. The van der Waals surface area contributed by atoms with E-state index in [1.807, 2.05) is 27.0 Å². The van der Waals surface area contributed by atoms with Crippen molar-refractivity contribution < 1.29 is 9.53 Å². The summed E-state index contributed by atoms with van der Waals surface area (Å²) in [5.74, 6) is 0.206. The molecule has 2 heterocycles. The number of halogens is 1. The van der Waals surface area contributed by atoms with E-state index in [0.717, 1.165) is 25.1 Å². The average molecular weight is 311 g/mol. The number of amides is 1. The van der Waals surface area contributed by atoms with Gasteiger partial charge in [0.25, 0.3) is 5.91 Å². The number of ether oxygens (including phenoxy) is 1. The highest BCUT2D eigenvalue weighted by atomic mass is 35.5. The normalized spacial score (nSPS) is 18.8. The molecular formula is C16H23ClN2O2. The Morgan fingerprint density at radius 3 is 2.86 bits per heavy atom. The van der Waals surface area contributed by atoms with Gasteiger partial charge in [-0.1, -0.05) is 25.4 Å². The summed E-state index contributed by atoms with van der Waals surface area (Å²) in [7, 11) is 1.81. The molecule has 0 spiro atoms. The van der Waals surface area contributed by atoms with Crippen LogP contribution in [0.15, 0.2) is 12.1 Å². The summed E-state index contributed by atoms with van der Waals surface area (Å²) >= 11 is 6.03. The molecule has 1 amide bonds. The number of hydrogen-bond donors (Lipinski definition) is 0. The summed E-state index contributed by atoms with van der Waals surface area (Å²) in [5, 5.41) is 0.367. The molecular weight excluding hydrogens is 288 g/mol. The first-order chi connectivity index (χ1) is 9.97. The largest absolute Gasteiger partial charge is 0.376 e. The van der Waals surface area contributed by atoms with E-state index in [2.05, 4.69) is 4.98 Å². The van der Waals surface area contributed by atoms with Gasteiger partial charge in [0.2, 0.25) is 0 Å². The van der Waals surface area contributed by atoms with Crippen molar-refractivity contribution in [2.75, 3.05) is 20.2 Å². The highest BCUT2D eigenvalue weighted by Crippen LogP contribution is 2.19. The maximum absolute atomic E-state index is 12.5. The molecule has 1 saturated heterocycles. The van der Waals surface area contributed by atoms with Gasteiger partial charge in [0.15, 0.2) is 0 Å². The number of rotatable bonds is 4. The highest BCUT2D eigenvalue weighted by Gasteiger charge is 2.20. The number of hydrogen-bond acceptors (Lipinski definition) is 3. The molecule has 1 atom stereocenters. The van der Waals surface area contributed by atoms with E-state index < -0.39 is 0 Å². The molecule has 1 unspecified atom stereocenters. The van der Waals surface area contributed by atoms with Crippen LogP contribution in [0.1, 0.15) is 55.1 Å². The summed E-state index contributed by atoms with van der Waals surface area (Å²) in [6.45, 7) is 5.49. The number of pyridine rings is 1. The molecule has 0 aliphatic carbocycles. The Balaban J connectivity index is 2.07. The Labute approximate surface area is 131 Å². The van der Waals surface area contributed by atoms with Crippen LogP contribution in [0, 0.1) is 0 Å². The summed E-state index contributed by atoms with van der Waals surface area (Å²) < 4.78 is 5.69. The zero-order valence-corrected chi connectivity index (χ0v) is 13.7. The quantitative estimate of drug-likeness (QED) is 0.799. The molecule has 4 nitrogen and oxygen atoms in total. The molecule has 0 radical (unpaired) electrons. The van der Waals surface area contributed by atoms with Crippen LogP contribution in [-0.4, -0.2) is 42.1 Å². The van der Waals surface area contributed by atoms with Gasteiger partial charge >= 0.3 is 0 Å². The van der Waals surface area contributed by atoms with Gasteiger partial charge in [0.05, 0.1) is 6.10 Å². The first-order valence-electron chi connectivity index (χ1n) is 7.52. The number of likely N-dealkylation sites (N-methyl/N-ethyl adjacent to an activating group) is 1. The van der Waals surface area contributed by atoms with Gasteiger partial charge < -0.3 is 9.64 Å². The minimum atomic E-state index is -0.0321. The van der Waals surface area contributed by atoms with E-state index in [-0.39, 0.29) is 17.9 Å². The molecule has 1 fully saturated rings. The fourth-order valence-electron chi connectivity index (χ4n) is 2.50. The van der Waals surface area contributed by atoms with Crippen molar-refractivity contribution in [2.45, 2.75) is 45.1 Å². The fourth-order valence-corrected chi connectivity index (χ4v) is 2.71. The molecule has 5 heteroatoms. The molecule has 0 N–H and O–H groups in total. The van der Waals surface area contributed by atoms with Gasteiger partial charge in [-0.05, 0) is 37.3 Å². The topological polar surface area (TPSA) is 42.4 Å². The fraction of sp³-hybridized carbons (Fsp3) is 0.625. The maximum Gasteiger partial charge on any atom is 0.253 e. The van der Waals surface area contributed by atoms with E-state index in [0.29, 0.717) is 17.3 Å². The summed E-state index contributed by atoms with van der Waals surface area (Å²) in [6, 6.07) is 3.46. The highest BCUT2D eigenvalue weighted by molar-refractivity contribution is 6.29. The van der Waals surface area contributed by atoms with Crippen molar-refractivity contribution >= 4 is 17.5 Å². The lowest BCUT2D eigenvalue weighted by Gasteiger charge is -2.27. The maximum atomic E-state index is 12.5. The van der Waals surface area contributed by atoms with Gasteiger partial charge in [-0.2, -0.15) is 0 Å². The van der Waals surface area contributed by atoms with E-state index >= 15 is 0 Å². The number of aromatic nitrogens is 1. The lowest BCUT2D eigenvalue weighted by molar-refractivity contribution is -0.000190. The SMILES string of the molecule is CC(C)c1cc(C(=O)N(C)CC2CCCCO2)cc(Cl)n1. The van der Waals surface area contributed by atoms with Crippen molar-refractivity contribution in [3.63, 3.8) is 0 Å². The molecule has 2 rings (SSSR count). The van der Waals surface area contributed by atoms with E-state index in [9.17, 15) is 4.79 Å². The summed E-state index contributed by atoms with van der Waals surface area (Å²) in [4.78, 5) is 18.5. The number of nitrogens with zero attached hydrogens (tertiary/aromatic N) is 2. The Bertz CT molecular complexity index is 499.